The molecule has 1 aromatic carbocycles. The lowest BCUT2D eigenvalue weighted by Gasteiger charge is -2.25. The average Bonchev–Trinajstić information content (AvgIpc) is 2.88. The van der Waals surface area contributed by atoms with E-state index in [2.05, 4.69) is 0 Å². The molecule has 29 heavy (non-hydrogen) atoms. The normalized spacial score (nSPS) is 24.8. The van der Waals surface area contributed by atoms with Crippen molar-refractivity contribution in [3.63, 3.8) is 0 Å². The average molecular weight is 408 g/mol. The molecular formula is C22H32O7. The van der Waals surface area contributed by atoms with Crippen LogP contribution in [-0.4, -0.2) is 48.3 Å². The third-order valence-electron chi connectivity index (χ3n) is 4.41. The second-order valence-electron chi connectivity index (χ2n) is 9.43. The maximum Gasteiger partial charge on any atom is 0.311 e. The Morgan fingerprint density at radius 1 is 1.00 bits per heavy atom. The van der Waals surface area contributed by atoms with Crippen LogP contribution in [0.15, 0.2) is 24.3 Å². The van der Waals surface area contributed by atoms with Crippen LogP contribution in [0.2, 0.25) is 0 Å². The molecule has 1 aliphatic heterocycles. The van der Waals surface area contributed by atoms with Crippen LogP contribution >= 0.6 is 0 Å². The predicted molar refractivity (Wildman–Crippen MR) is 106 cm³/mol. The maximum absolute atomic E-state index is 12.4. The zero-order valence-electron chi connectivity index (χ0n) is 18.2. The van der Waals surface area contributed by atoms with Gasteiger partial charge < -0.3 is 24.1 Å². The Kier molecular flexibility index (Phi) is 6.96. The number of carbonyl (C=O) groups excluding carboxylic acids is 2. The Hall–Kier alpha value is -2.12. The van der Waals surface area contributed by atoms with Gasteiger partial charge in [0.15, 0.2) is 12.2 Å². The summed E-state index contributed by atoms with van der Waals surface area (Å²) < 4.78 is 22.4. The number of benzene rings is 1. The Morgan fingerprint density at radius 3 is 2.07 bits per heavy atom. The molecule has 1 unspecified atom stereocenters. The third-order valence-corrected chi connectivity index (χ3v) is 4.41. The Morgan fingerprint density at radius 2 is 1.55 bits per heavy atom. The van der Waals surface area contributed by atoms with Crippen molar-refractivity contribution < 1.29 is 33.6 Å². The fourth-order valence-electron chi connectivity index (χ4n) is 2.51. The van der Waals surface area contributed by atoms with Crippen LogP contribution in [0.1, 0.15) is 47.1 Å². The SMILES string of the molecule is Cc1ccc(OC2O[C@H](COC(=O)C(C)(C)C)[C@H](OC(=O)C(C)(C)C)[C@H]2O)cc1. The number of aliphatic hydroxyl groups is 1. The molecule has 1 aromatic rings. The molecule has 162 valence electrons. The number of rotatable bonds is 5. The minimum atomic E-state index is -1.24. The van der Waals surface area contributed by atoms with Crippen molar-refractivity contribution in [2.45, 2.75) is 73.1 Å². The van der Waals surface area contributed by atoms with Crippen molar-refractivity contribution in [2.24, 2.45) is 10.8 Å². The molecule has 1 saturated heterocycles. The van der Waals surface area contributed by atoms with E-state index in [0.29, 0.717) is 5.75 Å². The van der Waals surface area contributed by atoms with Crippen LogP contribution in [-0.2, 0) is 23.8 Å². The Labute approximate surface area is 172 Å². The number of carbonyl (C=O) groups is 2. The van der Waals surface area contributed by atoms with Gasteiger partial charge in [-0.15, -0.1) is 0 Å². The first-order valence-corrected chi connectivity index (χ1v) is 9.74. The van der Waals surface area contributed by atoms with Gasteiger partial charge >= 0.3 is 11.9 Å². The lowest BCUT2D eigenvalue weighted by Crippen LogP contribution is -2.42. The van der Waals surface area contributed by atoms with Crippen LogP contribution in [0.3, 0.4) is 0 Å². The summed E-state index contributed by atoms with van der Waals surface area (Å²) in [7, 11) is 0. The standard InChI is InChI=1S/C22H32O7/c1-13-8-10-14(11-9-13)27-18-16(23)17(29-20(25)22(5,6)7)15(28-18)12-26-19(24)21(2,3)4/h8-11,15-18,23H,12H2,1-7H3/t15-,16-,17+,18?/m1/s1. The van der Waals surface area contributed by atoms with E-state index in [0.717, 1.165) is 5.56 Å². The first-order valence-electron chi connectivity index (χ1n) is 9.74. The molecule has 0 aromatic heterocycles. The quantitative estimate of drug-likeness (QED) is 0.749. The zero-order valence-corrected chi connectivity index (χ0v) is 18.2. The van der Waals surface area contributed by atoms with E-state index >= 15 is 0 Å². The monoisotopic (exact) mass is 408 g/mol. The van der Waals surface area contributed by atoms with Crippen molar-refractivity contribution in [3.05, 3.63) is 29.8 Å². The minimum Gasteiger partial charge on any atom is -0.462 e. The molecule has 1 fully saturated rings. The van der Waals surface area contributed by atoms with Gasteiger partial charge in [0.2, 0.25) is 6.29 Å². The van der Waals surface area contributed by atoms with Crippen LogP contribution in [0.4, 0.5) is 0 Å². The maximum atomic E-state index is 12.4. The second kappa shape index (κ2) is 8.71. The van der Waals surface area contributed by atoms with E-state index < -0.39 is 47.4 Å². The van der Waals surface area contributed by atoms with Gasteiger partial charge in [0, 0.05) is 0 Å². The van der Waals surface area contributed by atoms with Gasteiger partial charge in [-0.05, 0) is 60.6 Å². The van der Waals surface area contributed by atoms with Gasteiger partial charge in [0.25, 0.3) is 0 Å². The summed E-state index contributed by atoms with van der Waals surface area (Å²) in [6.07, 6.45) is -4.17. The third kappa shape index (κ3) is 6.18. The van der Waals surface area contributed by atoms with E-state index in [9.17, 15) is 14.7 Å². The molecule has 1 heterocycles. The summed E-state index contributed by atoms with van der Waals surface area (Å²) in [5.41, 5.74) is -0.385. The Bertz CT molecular complexity index is 712. The van der Waals surface area contributed by atoms with Gasteiger partial charge in [0.05, 0.1) is 10.8 Å². The molecule has 0 amide bonds. The molecule has 4 atom stereocenters. The molecule has 0 aliphatic carbocycles. The lowest BCUT2D eigenvalue weighted by atomic mass is 9.97. The number of esters is 2. The van der Waals surface area contributed by atoms with E-state index in [1.165, 1.54) is 0 Å². The molecule has 0 bridgehead atoms. The van der Waals surface area contributed by atoms with Gasteiger partial charge in [-0.1, -0.05) is 17.7 Å². The molecule has 0 spiro atoms. The number of hydrogen-bond acceptors (Lipinski definition) is 7. The number of aryl methyl sites for hydroxylation is 1. The van der Waals surface area contributed by atoms with E-state index in [1.54, 1.807) is 53.7 Å². The first kappa shape index (κ1) is 23.2. The summed E-state index contributed by atoms with van der Waals surface area (Å²) in [6, 6.07) is 7.26. The zero-order chi connectivity index (χ0) is 22.0. The Balaban J connectivity index is 2.14. The summed E-state index contributed by atoms with van der Waals surface area (Å²) in [6.45, 7) is 12.1. The summed E-state index contributed by atoms with van der Waals surface area (Å²) in [5, 5.41) is 10.7. The first-order chi connectivity index (χ1) is 13.3. The van der Waals surface area contributed by atoms with Gasteiger partial charge in [-0.3, -0.25) is 9.59 Å². The minimum absolute atomic E-state index is 0.164. The molecule has 7 nitrogen and oxygen atoms in total. The highest BCUT2D eigenvalue weighted by Gasteiger charge is 2.49. The second-order valence-corrected chi connectivity index (χ2v) is 9.43. The highest BCUT2D eigenvalue weighted by Crippen LogP contribution is 2.30. The fourth-order valence-corrected chi connectivity index (χ4v) is 2.51. The van der Waals surface area contributed by atoms with Crippen LogP contribution in [0.25, 0.3) is 0 Å². The summed E-state index contributed by atoms with van der Waals surface area (Å²) in [4.78, 5) is 24.5. The predicted octanol–water partition coefficient (Wildman–Crippen LogP) is 3.01. The number of hydrogen-bond donors (Lipinski definition) is 1. The van der Waals surface area contributed by atoms with Crippen molar-refractivity contribution in [3.8, 4) is 5.75 Å². The van der Waals surface area contributed by atoms with Crippen molar-refractivity contribution in [1.82, 2.24) is 0 Å². The largest absolute Gasteiger partial charge is 0.462 e. The van der Waals surface area contributed by atoms with E-state index in [4.69, 9.17) is 18.9 Å². The van der Waals surface area contributed by atoms with Crippen LogP contribution in [0.5, 0.6) is 5.75 Å². The number of ether oxygens (including phenoxy) is 4. The molecule has 1 aliphatic rings. The highest BCUT2D eigenvalue weighted by atomic mass is 16.7. The van der Waals surface area contributed by atoms with Crippen molar-refractivity contribution in [1.29, 1.82) is 0 Å². The van der Waals surface area contributed by atoms with Gasteiger partial charge in [-0.25, -0.2) is 0 Å². The highest BCUT2D eigenvalue weighted by molar-refractivity contribution is 5.76. The molecule has 0 saturated carbocycles. The van der Waals surface area contributed by atoms with E-state index in [-0.39, 0.29) is 6.61 Å². The number of aliphatic hydroxyl groups excluding tert-OH is 1. The summed E-state index contributed by atoms with van der Waals surface area (Å²) >= 11 is 0. The fraction of sp³-hybridized carbons (Fsp3) is 0.636. The topological polar surface area (TPSA) is 91.3 Å². The van der Waals surface area contributed by atoms with Crippen LogP contribution in [0, 0.1) is 17.8 Å². The van der Waals surface area contributed by atoms with Crippen molar-refractivity contribution >= 4 is 11.9 Å². The molecule has 7 heteroatoms. The smallest absolute Gasteiger partial charge is 0.311 e. The molecule has 1 N–H and O–H groups in total. The molecule has 2 rings (SSSR count). The van der Waals surface area contributed by atoms with Crippen molar-refractivity contribution in [2.75, 3.05) is 6.61 Å². The van der Waals surface area contributed by atoms with E-state index in [1.807, 2.05) is 19.1 Å². The van der Waals surface area contributed by atoms with Gasteiger partial charge in [0.1, 0.15) is 18.5 Å². The van der Waals surface area contributed by atoms with Gasteiger partial charge in [-0.2, -0.15) is 0 Å². The molecular weight excluding hydrogens is 376 g/mol. The summed E-state index contributed by atoms with van der Waals surface area (Å²) in [5.74, 6) is -0.402. The van der Waals surface area contributed by atoms with Crippen LogP contribution < -0.4 is 4.74 Å². The lowest BCUT2D eigenvalue weighted by molar-refractivity contribution is -0.170. The molecule has 0 radical (unpaired) electrons.